The van der Waals surface area contributed by atoms with E-state index in [4.69, 9.17) is 0 Å². The van der Waals surface area contributed by atoms with Crippen LogP contribution in [0.2, 0.25) is 0 Å². The van der Waals surface area contributed by atoms with Crippen molar-refractivity contribution in [2.45, 2.75) is 17.0 Å². The van der Waals surface area contributed by atoms with Crippen molar-refractivity contribution in [3.8, 4) is 0 Å². The van der Waals surface area contributed by atoms with E-state index in [-0.39, 0.29) is 16.1 Å². The van der Waals surface area contributed by atoms with Crippen molar-refractivity contribution in [1.82, 2.24) is 0 Å². The molecule has 0 bridgehead atoms. The van der Waals surface area contributed by atoms with Gasteiger partial charge in [-0.05, 0) is 35.4 Å². The van der Waals surface area contributed by atoms with E-state index in [0.29, 0.717) is 5.56 Å². The molecule has 0 fully saturated rings. The summed E-state index contributed by atoms with van der Waals surface area (Å²) in [5.74, 6) is -1.38. The highest BCUT2D eigenvalue weighted by Gasteiger charge is 2.27. The monoisotopic (exact) mass is 392 g/mol. The number of aliphatic hydroxyl groups is 1. The van der Waals surface area contributed by atoms with Crippen LogP contribution in [-0.2, 0) is 14.6 Å². The lowest BCUT2D eigenvalue weighted by atomic mass is 10.0. The highest BCUT2D eigenvalue weighted by Crippen LogP contribution is 2.22. The van der Waals surface area contributed by atoms with Gasteiger partial charge in [-0.2, -0.15) is 0 Å². The fourth-order valence-electron chi connectivity index (χ4n) is 2.22. The van der Waals surface area contributed by atoms with E-state index in [1.54, 1.807) is 0 Å². The molecule has 0 radical (unpaired) electrons. The summed E-state index contributed by atoms with van der Waals surface area (Å²) in [5, 5.41) is 30.2. The summed E-state index contributed by atoms with van der Waals surface area (Å²) in [5.41, 5.74) is 0.425. The second-order valence-electron chi connectivity index (χ2n) is 5.70. The summed E-state index contributed by atoms with van der Waals surface area (Å²) in [6, 6.07) is 8.92. The van der Waals surface area contributed by atoms with Crippen LogP contribution in [-0.4, -0.2) is 48.0 Å². The van der Waals surface area contributed by atoms with Gasteiger partial charge in [0.05, 0.1) is 9.82 Å². The lowest BCUT2D eigenvalue weighted by Crippen LogP contribution is -2.26. The molecule has 0 saturated heterocycles. The molecule has 0 aliphatic rings. The highest BCUT2D eigenvalue weighted by molar-refractivity contribution is 7.90. The normalized spacial score (nSPS) is 14.0. The zero-order valence-corrected chi connectivity index (χ0v) is 14.9. The SMILES string of the molecule is CS(=O)(=O)c1ccc(C=N[C@@H](C(=O)O)[C@H](O)c2ccc([N+](=O)[O-])cc2)cc1. The number of nitro benzene ring substituents is 1. The molecule has 2 rings (SSSR count). The molecule has 2 aromatic rings. The first-order chi connectivity index (χ1) is 12.6. The first kappa shape index (κ1) is 20.2. The standard InChI is InChI=1S/C17H16N2O7S/c1-27(25,26)14-8-2-11(3-9-14)10-18-15(17(21)22)16(20)12-4-6-13(7-5-12)19(23)24/h2-10,15-16,20H,1H3,(H,21,22)/t15-,16-/m1/s1. The van der Waals surface area contributed by atoms with Crippen LogP contribution >= 0.6 is 0 Å². The van der Waals surface area contributed by atoms with Gasteiger partial charge in [0, 0.05) is 24.6 Å². The van der Waals surface area contributed by atoms with Crippen molar-refractivity contribution in [3.63, 3.8) is 0 Å². The number of hydrogen-bond donors (Lipinski definition) is 2. The van der Waals surface area contributed by atoms with Gasteiger partial charge in [0.1, 0.15) is 6.10 Å². The van der Waals surface area contributed by atoms with Crippen LogP contribution in [0.4, 0.5) is 5.69 Å². The van der Waals surface area contributed by atoms with Gasteiger partial charge in [0.15, 0.2) is 15.9 Å². The molecule has 0 unspecified atom stereocenters. The minimum absolute atomic E-state index is 0.111. The molecule has 0 spiro atoms. The maximum absolute atomic E-state index is 11.4. The third-order valence-corrected chi connectivity index (χ3v) is 4.82. The second kappa shape index (κ2) is 8.06. The Bertz CT molecular complexity index is 967. The van der Waals surface area contributed by atoms with E-state index in [1.807, 2.05) is 0 Å². The van der Waals surface area contributed by atoms with Gasteiger partial charge in [-0.25, -0.2) is 13.2 Å². The Hall–Kier alpha value is -3.11. The van der Waals surface area contributed by atoms with Gasteiger partial charge < -0.3 is 10.2 Å². The van der Waals surface area contributed by atoms with Crippen LogP contribution in [0.5, 0.6) is 0 Å². The van der Waals surface area contributed by atoms with Crippen molar-refractivity contribution >= 4 is 27.7 Å². The number of non-ortho nitro benzene ring substituents is 1. The summed E-state index contributed by atoms with van der Waals surface area (Å²) in [4.78, 5) is 25.5. The van der Waals surface area contributed by atoms with Crippen LogP contribution in [0, 0.1) is 10.1 Å². The zero-order valence-electron chi connectivity index (χ0n) is 14.1. The molecule has 0 aromatic heterocycles. The summed E-state index contributed by atoms with van der Waals surface area (Å²) in [6.45, 7) is 0. The Morgan fingerprint density at radius 1 is 1.15 bits per heavy atom. The Morgan fingerprint density at radius 2 is 1.70 bits per heavy atom. The van der Waals surface area contributed by atoms with E-state index < -0.39 is 32.9 Å². The van der Waals surface area contributed by atoms with Crippen molar-refractivity contribution in [2.24, 2.45) is 4.99 Å². The summed E-state index contributed by atoms with van der Waals surface area (Å²) < 4.78 is 22.9. The van der Waals surface area contributed by atoms with Crippen LogP contribution in [0.3, 0.4) is 0 Å². The second-order valence-corrected chi connectivity index (χ2v) is 7.71. The molecule has 0 aliphatic carbocycles. The van der Waals surface area contributed by atoms with E-state index in [0.717, 1.165) is 18.4 Å². The number of carbonyl (C=O) groups is 1. The minimum Gasteiger partial charge on any atom is -0.480 e. The fraction of sp³-hybridized carbons (Fsp3) is 0.176. The van der Waals surface area contributed by atoms with Gasteiger partial charge >= 0.3 is 5.97 Å². The lowest BCUT2D eigenvalue weighted by Gasteiger charge is -2.15. The molecule has 142 valence electrons. The summed E-state index contributed by atoms with van der Waals surface area (Å²) in [6.07, 6.45) is 0.756. The molecule has 2 atom stereocenters. The third-order valence-electron chi connectivity index (χ3n) is 3.69. The smallest absolute Gasteiger partial charge is 0.331 e. The topological polar surface area (TPSA) is 147 Å². The van der Waals surface area contributed by atoms with Gasteiger partial charge in [-0.3, -0.25) is 15.1 Å². The van der Waals surface area contributed by atoms with Gasteiger partial charge in [-0.1, -0.05) is 12.1 Å². The number of sulfone groups is 1. The Labute approximate surface area is 154 Å². The Morgan fingerprint density at radius 3 is 2.15 bits per heavy atom. The first-order valence-corrected chi connectivity index (χ1v) is 9.47. The number of benzene rings is 2. The number of carboxylic acids is 1. The number of aliphatic carboxylic acids is 1. The predicted octanol–water partition coefficient (Wildman–Crippen LogP) is 1.60. The van der Waals surface area contributed by atoms with Crippen LogP contribution in [0.1, 0.15) is 17.2 Å². The molecule has 0 amide bonds. The zero-order chi connectivity index (χ0) is 20.2. The molecule has 0 aliphatic heterocycles. The number of hydrogen-bond acceptors (Lipinski definition) is 7. The average molecular weight is 392 g/mol. The number of aliphatic hydroxyl groups excluding tert-OH is 1. The molecule has 0 heterocycles. The first-order valence-electron chi connectivity index (χ1n) is 7.58. The van der Waals surface area contributed by atoms with E-state index >= 15 is 0 Å². The minimum atomic E-state index is -3.35. The molecule has 9 nitrogen and oxygen atoms in total. The maximum Gasteiger partial charge on any atom is 0.331 e. The van der Waals surface area contributed by atoms with E-state index in [9.17, 15) is 33.5 Å². The maximum atomic E-state index is 11.4. The number of carboxylic acid groups (broad SMARTS) is 1. The van der Waals surface area contributed by atoms with E-state index in [1.165, 1.54) is 42.6 Å². The summed E-state index contributed by atoms with van der Waals surface area (Å²) in [7, 11) is -3.35. The predicted molar refractivity (Wildman–Crippen MR) is 96.6 cm³/mol. The van der Waals surface area contributed by atoms with Crippen LogP contribution in [0.25, 0.3) is 0 Å². The fourth-order valence-corrected chi connectivity index (χ4v) is 2.85. The van der Waals surface area contributed by atoms with Gasteiger partial charge in [0.25, 0.3) is 5.69 Å². The van der Waals surface area contributed by atoms with Crippen LogP contribution in [0.15, 0.2) is 58.4 Å². The molecule has 2 aromatic carbocycles. The number of nitrogens with zero attached hydrogens (tertiary/aromatic N) is 2. The molecular weight excluding hydrogens is 376 g/mol. The van der Waals surface area contributed by atoms with Crippen molar-refractivity contribution in [2.75, 3.05) is 6.26 Å². The van der Waals surface area contributed by atoms with Crippen molar-refractivity contribution in [1.29, 1.82) is 0 Å². The number of rotatable bonds is 7. The lowest BCUT2D eigenvalue weighted by molar-refractivity contribution is -0.384. The van der Waals surface area contributed by atoms with Crippen molar-refractivity contribution < 1.29 is 28.3 Å². The van der Waals surface area contributed by atoms with Crippen molar-refractivity contribution in [3.05, 3.63) is 69.8 Å². The number of aliphatic imine (C=N–C) groups is 1. The van der Waals surface area contributed by atoms with Gasteiger partial charge in [-0.15, -0.1) is 0 Å². The third kappa shape index (κ3) is 5.19. The van der Waals surface area contributed by atoms with Crippen LogP contribution < -0.4 is 0 Å². The quantitative estimate of drug-likeness (QED) is 0.413. The molecule has 0 saturated carbocycles. The molecule has 2 N–H and O–H groups in total. The van der Waals surface area contributed by atoms with E-state index in [2.05, 4.69) is 4.99 Å². The highest BCUT2D eigenvalue weighted by atomic mass is 32.2. The average Bonchev–Trinajstić information content (AvgIpc) is 2.61. The molecule has 10 heteroatoms. The molecule has 27 heavy (non-hydrogen) atoms. The largest absolute Gasteiger partial charge is 0.480 e. The number of nitro groups is 1. The Balaban J connectivity index is 2.22. The van der Waals surface area contributed by atoms with Gasteiger partial charge in [0.2, 0.25) is 0 Å². The molecular formula is C17H16N2O7S. The summed E-state index contributed by atoms with van der Waals surface area (Å²) >= 11 is 0. The Kier molecular flexibility index (Phi) is 6.03.